The van der Waals surface area contributed by atoms with Crippen molar-refractivity contribution in [1.29, 1.82) is 0 Å². The number of carbonyl (C=O) groups is 4. The van der Waals surface area contributed by atoms with Gasteiger partial charge in [0, 0.05) is 53.5 Å². The van der Waals surface area contributed by atoms with Crippen molar-refractivity contribution in [1.82, 2.24) is 9.80 Å². The molecule has 0 radical (unpaired) electrons. The first-order valence-electron chi connectivity index (χ1n) is 11.0. The summed E-state index contributed by atoms with van der Waals surface area (Å²) in [5.41, 5.74) is 12.6. The third-order valence-corrected chi connectivity index (χ3v) is 7.87. The van der Waals surface area contributed by atoms with E-state index in [1.165, 1.54) is 0 Å². The van der Waals surface area contributed by atoms with Gasteiger partial charge in [-0.25, -0.2) is 0 Å². The van der Waals surface area contributed by atoms with Crippen LogP contribution >= 0.6 is 23.2 Å². The van der Waals surface area contributed by atoms with Crippen molar-refractivity contribution in [2.45, 2.75) is 0 Å². The van der Waals surface area contributed by atoms with E-state index in [0.29, 0.717) is 54.2 Å². The van der Waals surface area contributed by atoms with Crippen LogP contribution in [0.2, 0.25) is 10.0 Å². The first kappa shape index (κ1) is 21.5. The number of rotatable bonds is 2. The quantitative estimate of drug-likeness (QED) is 0.207. The van der Waals surface area contributed by atoms with Gasteiger partial charge in [-0.3, -0.25) is 29.0 Å². The molecule has 4 N–H and O–H groups in total. The van der Waals surface area contributed by atoms with E-state index in [1.807, 2.05) is 0 Å². The summed E-state index contributed by atoms with van der Waals surface area (Å²) in [5, 5.41) is 5.25. The molecule has 0 fully saturated rings. The topological polar surface area (TPSA) is 127 Å². The van der Waals surface area contributed by atoms with Crippen LogP contribution < -0.4 is 11.5 Å². The van der Waals surface area contributed by atoms with Crippen LogP contribution in [0.1, 0.15) is 41.4 Å². The second-order valence-corrected chi connectivity index (χ2v) is 9.64. The van der Waals surface area contributed by atoms with Crippen LogP contribution in [0.15, 0.2) is 36.4 Å². The van der Waals surface area contributed by atoms with E-state index in [9.17, 15) is 19.2 Å². The molecule has 0 spiro atoms. The maximum Gasteiger partial charge on any atom is 0.262 e. The summed E-state index contributed by atoms with van der Waals surface area (Å²) in [6, 6.07) is 9.86. The van der Waals surface area contributed by atoms with Crippen molar-refractivity contribution in [2.24, 2.45) is 11.5 Å². The van der Waals surface area contributed by atoms with Gasteiger partial charge in [-0.15, -0.1) is 0 Å². The van der Waals surface area contributed by atoms with E-state index in [-0.39, 0.29) is 34.5 Å². The number of carbonyl (C=O) groups excluding carboxylic acids is 4. The molecule has 0 saturated carbocycles. The highest BCUT2D eigenvalue weighted by molar-refractivity contribution is 6.50. The van der Waals surface area contributed by atoms with E-state index in [0.717, 1.165) is 9.80 Å². The molecular formula is C26H14Cl2N4O4. The first-order chi connectivity index (χ1) is 17.3. The number of nitrogens with zero attached hydrogens (tertiary/aromatic N) is 2. The molecule has 8 nitrogen and oxygen atoms in total. The molecule has 0 aromatic heterocycles. The molecular weight excluding hydrogens is 503 g/mol. The number of hydrogen-bond acceptors (Lipinski definition) is 6. The molecule has 176 valence electrons. The van der Waals surface area contributed by atoms with Gasteiger partial charge in [0.2, 0.25) is 0 Å². The number of amides is 4. The first-order valence-corrected chi connectivity index (χ1v) is 11.8. The van der Waals surface area contributed by atoms with Crippen LogP contribution in [0.3, 0.4) is 0 Å². The molecule has 4 amide bonds. The maximum atomic E-state index is 13.1. The Kier molecular flexibility index (Phi) is 4.11. The fourth-order valence-electron chi connectivity index (χ4n) is 5.80. The van der Waals surface area contributed by atoms with Crippen molar-refractivity contribution in [2.75, 3.05) is 13.3 Å². The molecule has 0 bridgehead atoms. The molecule has 2 aliphatic heterocycles. The Labute approximate surface area is 212 Å². The standard InChI is InChI=1S/C26H14Cl2N4O4/c27-15-5-14-18-12(24(34)32(8-30)26(14)36)4-2-10-20-16(28)6-13-17-11(23(33)31(7-29)25(13)35)3-1-9(21(17)20)19(15)22(10)18/h1-6H,7-8,29-30H2. The molecule has 0 unspecified atom stereocenters. The van der Waals surface area contributed by atoms with E-state index in [2.05, 4.69) is 0 Å². The monoisotopic (exact) mass is 516 g/mol. The lowest BCUT2D eigenvalue weighted by Gasteiger charge is -2.29. The Balaban J connectivity index is 1.76. The van der Waals surface area contributed by atoms with Gasteiger partial charge in [-0.2, -0.15) is 0 Å². The Morgan fingerprint density at radius 3 is 1.25 bits per heavy atom. The minimum atomic E-state index is -0.527. The minimum Gasteiger partial charge on any atom is -0.313 e. The lowest BCUT2D eigenvalue weighted by Crippen LogP contribution is -2.43. The fraction of sp³-hybridized carbons (Fsp3) is 0.0769. The second kappa shape index (κ2) is 6.89. The Morgan fingerprint density at radius 2 is 0.889 bits per heavy atom. The van der Waals surface area contributed by atoms with E-state index in [1.54, 1.807) is 36.4 Å². The Bertz CT molecular complexity index is 1790. The second-order valence-electron chi connectivity index (χ2n) is 8.83. The Morgan fingerprint density at radius 1 is 0.528 bits per heavy atom. The summed E-state index contributed by atoms with van der Waals surface area (Å²) in [5.74, 6) is -2.04. The third-order valence-electron chi connectivity index (χ3n) is 7.28. The molecule has 10 heteroatoms. The number of halogens is 2. The van der Waals surface area contributed by atoms with Crippen molar-refractivity contribution in [3.05, 3.63) is 68.7 Å². The SMILES string of the molecule is NCN1C(=O)c2ccc3c4c(Cl)cc5c6c(ccc(c7c(Cl)cc(c2c37)C1=O)c64)C(=O)N(CN)C5=O. The van der Waals surface area contributed by atoms with E-state index >= 15 is 0 Å². The van der Waals surface area contributed by atoms with Gasteiger partial charge in [-0.1, -0.05) is 35.3 Å². The molecule has 7 rings (SSSR count). The predicted molar refractivity (Wildman–Crippen MR) is 137 cm³/mol. The van der Waals surface area contributed by atoms with Crippen LogP contribution in [0.5, 0.6) is 0 Å². The zero-order valence-electron chi connectivity index (χ0n) is 18.3. The van der Waals surface area contributed by atoms with Crippen LogP contribution in [0.4, 0.5) is 0 Å². The lowest BCUT2D eigenvalue weighted by molar-refractivity contribution is 0.0599. The summed E-state index contributed by atoms with van der Waals surface area (Å²) in [6.45, 7) is -0.526. The number of benzene rings is 5. The van der Waals surface area contributed by atoms with Crippen molar-refractivity contribution in [3.8, 4) is 0 Å². The summed E-state index contributed by atoms with van der Waals surface area (Å²) < 4.78 is 0. The third kappa shape index (κ3) is 2.28. The number of nitrogens with two attached hydrogens (primary N) is 2. The smallest absolute Gasteiger partial charge is 0.262 e. The largest absolute Gasteiger partial charge is 0.313 e. The molecule has 2 heterocycles. The minimum absolute atomic E-state index is 0.263. The van der Waals surface area contributed by atoms with Crippen LogP contribution in [-0.4, -0.2) is 46.8 Å². The molecule has 0 atom stereocenters. The Hall–Kier alpha value is -3.82. The highest BCUT2D eigenvalue weighted by atomic mass is 35.5. The van der Waals surface area contributed by atoms with Gasteiger partial charge >= 0.3 is 0 Å². The zero-order valence-corrected chi connectivity index (χ0v) is 19.8. The number of fused-ring (bicyclic) bond motifs is 2. The molecule has 5 aromatic carbocycles. The van der Waals surface area contributed by atoms with Crippen molar-refractivity contribution in [3.63, 3.8) is 0 Å². The van der Waals surface area contributed by atoms with Gasteiger partial charge in [-0.05, 0) is 35.0 Å². The number of imide groups is 2. The molecule has 5 aromatic rings. The maximum absolute atomic E-state index is 13.1. The van der Waals surface area contributed by atoms with E-state index < -0.39 is 23.6 Å². The van der Waals surface area contributed by atoms with E-state index in [4.69, 9.17) is 34.7 Å². The normalized spacial score (nSPS) is 15.6. The zero-order chi connectivity index (χ0) is 25.2. The van der Waals surface area contributed by atoms with Crippen LogP contribution in [0, 0.1) is 0 Å². The molecule has 36 heavy (non-hydrogen) atoms. The van der Waals surface area contributed by atoms with Crippen LogP contribution in [-0.2, 0) is 0 Å². The lowest BCUT2D eigenvalue weighted by atomic mass is 9.82. The summed E-state index contributed by atoms with van der Waals surface area (Å²) in [6.07, 6.45) is 0. The highest BCUT2D eigenvalue weighted by Crippen LogP contribution is 2.50. The summed E-state index contributed by atoms with van der Waals surface area (Å²) in [7, 11) is 0. The van der Waals surface area contributed by atoms with Gasteiger partial charge in [0.15, 0.2) is 0 Å². The molecule has 0 aliphatic carbocycles. The van der Waals surface area contributed by atoms with Gasteiger partial charge < -0.3 is 11.5 Å². The van der Waals surface area contributed by atoms with Gasteiger partial charge in [0.05, 0.1) is 24.5 Å². The fourth-order valence-corrected chi connectivity index (χ4v) is 6.41. The summed E-state index contributed by atoms with van der Waals surface area (Å²) in [4.78, 5) is 54.5. The average molecular weight is 517 g/mol. The predicted octanol–water partition coefficient (Wildman–Crippen LogP) is 4.07. The number of hydrogen-bond donors (Lipinski definition) is 2. The van der Waals surface area contributed by atoms with Gasteiger partial charge in [0.25, 0.3) is 23.6 Å². The van der Waals surface area contributed by atoms with Crippen molar-refractivity contribution < 1.29 is 19.2 Å². The molecule has 2 aliphatic rings. The van der Waals surface area contributed by atoms with Crippen LogP contribution in [0.25, 0.3) is 43.1 Å². The summed E-state index contributed by atoms with van der Waals surface area (Å²) >= 11 is 13.6. The average Bonchev–Trinajstić information content (AvgIpc) is 2.86. The van der Waals surface area contributed by atoms with Gasteiger partial charge in [0.1, 0.15) is 0 Å². The molecule has 0 saturated heterocycles. The van der Waals surface area contributed by atoms with Crippen molar-refractivity contribution >= 4 is 89.9 Å². The highest BCUT2D eigenvalue weighted by Gasteiger charge is 2.37.